The molecule has 1 unspecified atom stereocenters. The van der Waals surface area contributed by atoms with E-state index in [-0.39, 0.29) is 17.6 Å². The highest BCUT2D eigenvalue weighted by Crippen LogP contribution is 2.28. The van der Waals surface area contributed by atoms with E-state index in [1.807, 2.05) is 32.0 Å². The van der Waals surface area contributed by atoms with Gasteiger partial charge in [0, 0.05) is 17.8 Å². The maximum Gasteiger partial charge on any atom is 0.247 e. The number of halogens is 1. The van der Waals surface area contributed by atoms with Gasteiger partial charge in [-0.1, -0.05) is 12.1 Å². The normalized spacial score (nSPS) is 17.2. The maximum absolute atomic E-state index is 13.1. The van der Waals surface area contributed by atoms with E-state index in [1.165, 1.54) is 29.2 Å². The fraction of sp³-hybridized carbons (Fsp3) is 0.263. The van der Waals surface area contributed by atoms with Crippen LogP contribution < -0.4 is 10.2 Å². The Morgan fingerprint density at radius 1 is 1.17 bits per heavy atom. The Hall–Kier alpha value is -2.69. The Balaban J connectivity index is 1.84. The van der Waals surface area contributed by atoms with Crippen LogP contribution in [0.4, 0.5) is 15.8 Å². The second-order valence-electron chi connectivity index (χ2n) is 6.10. The molecule has 1 fully saturated rings. The molecule has 1 N–H and O–H groups in total. The van der Waals surface area contributed by atoms with Crippen LogP contribution in [0, 0.1) is 19.7 Å². The van der Waals surface area contributed by atoms with Gasteiger partial charge in [-0.25, -0.2) is 4.39 Å². The number of aryl methyl sites for hydroxylation is 2. The number of carbonyl (C=O) groups is 2. The van der Waals surface area contributed by atoms with Crippen LogP contribution in [0.2, 0.25) is 0 Å². The van der Waals surface area contributed by atoms with Gasteiger partial charge in [0.1, 0.15) is 11.9 Å². The Morgan fingerprint density at radius 2 is 1.88 bits per heavy atom. The van der Waals surface area contributed by atoms with Crippen molar-refractivity contribution in [3.05, 3.63) is 59.4 Å². The molecule has 4 nitrogen and oxygen atoms in total. The molecular weight excluding hydrogens is 307 g/mol. The van der Waals surface area contributed by atoms with E-state index in [0.717, 1.165) is 16.8 Å². The average Bonchev–Trinajstić information content (AvgIpc) is 2.93. The quantitative estimate of drug-likeness (QED) is 0.937. The van der Waals surface area contributed by atoms with Crippen LogP contribution in [0.5, 0.6) is 0 Å². The van der Waals surface area contributed by atoms with Crippen LogP contribution in [0.25, 0.3) is 0 Å². The number of carbonyl (C=O) groups excluding carboxylic acids is 2. The molecule has 1 atom stereocenters. The maximum atomic E-state index is 13.1. The summed E-state index contributed by atoms with van der Waals surface area (Å²) >= 11 is 0. The van der Waals surface area contributed by atoms with Gasteiger partial charge in [-0.3, -0.25) is 14.5 Å². The van der Waals surface area contributed by atoms with Gasteiger partial charge < -0.3 is 5.32 Å². The van der Waals surface area contributed by atoms with Crippen LogP contribution in [0.15, 0.2) is 42.5 Å². The Morgan fingerprint density at radius 3 is 2.58 bits per heavy atom. The van der Waals surface area contributed by atoms with Gasteiger partial charge in [-0.15, -0.1) is 0 Å². The highest BCUT2D eigenvalue weighted by Gasteiger charge is 2.37. The van der Waals surface area contributed by atoms with Gasteiger partial charge >= 0.3 is 0 Å². The fourth-order valence-corrected chi connectivity index (χ4v) is 2.94. The molecule has 0 spiro atoms. The summed E-state index contributed by atoms with van der Waals surface area (Å²) in [6.07, 6.45) is 0.759. The summed E-state index contributed by atoms with van der Waals surface area (Å²) in [6, 6.07) is 10.9. The van der Waals surface area contributed by atoms with Crippen molar-refractivity contribution in [2.45, 2.75) is 32.7 Å². The van der Waals surface area contributed by atoms with Crippen molar-refractivity contribution in [3.8, 4) is 0 Å². The van der Waals surface area contributed by atoms with Crippen molar-refractivity contribution in [2.75, 3.05) is 10.2 Å². The highest BCUT2D eigenvalue weighted by atomic mass is 19.1. The number of amides is 2. The Bertz CT molecular complexity index is 786. The molecule has 1 aliphatic heterocycles. The van der Waals surface area contributed by atoms with Crippen molar-refractivity contribution in [1.29, 1.82) is 0 Å². The van der Waals surface area contributed by atoms with E-state index in [2.05, 4.69) is 5.32 Å². The largest absolute Gasteiger partial charge is 0.324 e. The summed E-state index contributed by atoms with van der Waals surface area (Å²) in [5, 5.41) is 2.92. The molecule has 3 rings (SSSR count). The fourth-order valence-electron chi connectivity index (χ4n) is 2.94. The molecule has 2 amide bonds. The van der Waals surface area contributed by atoms with Gasteiger partial charge in [-0.05, 0) is 61.7 Å². The first kappa shape index (κ1) is 16.2. The van der Waals surface area contributed by atoms with E-state index >= 15 is 0 Å². The molecule has 0 radical (unpaired) electrons. The molecule has 1 heterocycles. The monoisotopic (exact) mass is 326 g/mol. The number of benzene rings is 2. The summed E-state index contributed by atoms with van der Waals surface area (Å²) in [7, 11) is 0. The molecule has 0 aromatic heterocycles. The minimum Gasteiger partial charge on any atom is -0.324 e. The van der Waals surface area contributed by atoms with Crippen molar-refractivity contribution >= 4 is 23.2 Å². The molecule has 1 aliphatic rings. The van der Waals surface area contributed by atoms with E-state index in [9.17, 15) is 14.0 Å². The van der Waals surface area contributed by atoms with E-state index in [4.69, 9.17) is 0 Å². The Kier molecular flexibility index (Phi) is 4.34. The summed E-state index contributed by atoms with van der Waals surface area (Å²) < 4.78 is 13.1. The van der Waals surface area contributed by atoms with Crippen LogP contribution in [-0.4, -0.2) is 17.9 Å². The lowest BCUT2D eigenvalue weighted by atomic mass is 10.1. The molecule has 0 aliphatic carbocycles. The topological polar surface area (TPSA) is 49.4 Å². The van der Waals surface area contributed by atoms with Gasteiger partial charge in [0.25, 0.3) is 0 Å². The third kappa shape index (κ3) is 3.15. The first-order chi connectivity index (χ1) is 11.5. The number of hydrogen-bond acceptors (Lipinski definition) is 2. The third-order valence-corrected chi connectivity index (χ3v) is 4.27. The third-order valence-electron chi connectivity index (χ3n) is 4.27. The molecule has 2 aromatic rings. The minimum atomic E-state index is -0.581. The van der Waals surface area contributed by atoms with Gasteiger partial charge in [-0.2, -0.15) is 0 Å². The number of rotatable bonds is 3. The van der Waals surface area contributed by atoms with Gasteiger partial charge in [0.05, 0.1) is 0 Å². The standard InChI is InChI=1S/C19H19FN2O2/c1-12-3-4-13(2)16(11-12)21-19(24)17-9-10-18(23)22(17)15-7-5-14(20)6-8-15/h3-8,11,17H,9-10H2,1-2H3,(H,21,24). The second-order valence-corrected chi connectivity index (χ2v) is 6.10. The van der Waals surface area contributed by atoms with E-state index in [0.29, 0.717) is 18.5 Å². The summed E-state index contributed by atoms with van der Waals surface area (Å²) in [5.74, 6) is -0.719. The van der Waals surface area contributed by atoms with Gasteiger partial charge in [0.2, 0.25) is 11.8 Å². The first-order valence-electron chi connectivity index (χ1n) is 7.91. The lowest BCUT2D eigenvalue weighted by Gasteiger charge is -2.24. The summed E-state index contributed by atoms with van der Waals surface area (Å²) in [5.41, 5.74) is 3.30. The van der Waals surface area contributed by atoms with Crippen LogP contribution in [-0.2, 0) is 9.59 Å². The second kappa shape index (κ2) is 6.43. The van der Waals surface area contributed by atoms with Crippen molar-refractivity contribution in [1.82, 2.24) is 0 Å². The van der Waals surface area contributed by atoms with E-state index < -0.39 is 6.04 Å². The van der Waals surface area contributed by atoms with E-state index in [1.54, 1.807) is 0 Å². The molecule has 24 heavy (non-hydrogen) atoms. The highest BCUT2D eigenvalue weighted by molar-refractivity contribution is 6.07. The predicted octanol–water partition coefficient (Wildman–Crippen LogP) is 3.58. The number of nitrogens with one attached hydrogen (secondary N) is 1. The molecule has 0 bridgehead atoms. The zero-order valence-electron chi connectivity index (χ0n) is 13.7. The number of nitrogens with zero attached hydrogens (tertiary/aromatic N) is 1. The molecular formula is C19H19FN2O2. The van der Waals surface area contributed by atoms with Gasteiger partial charge in [0.15, 0.2) is 0 Å². The molecule has 5 heteroatoms. The summed E-state index contributed by atoms with van der Waals surface area (Å²) in [6.45, 7) is 3.88. The average molecular weight is 326 g/mol. The van der Waals surface area contributed by atoms with Crippen LogP contribution in [0.3, 0.4) is 0 Å². The van der Waals surface area contributed by atoms with Crippen molar-refractivity contribution < 1.29 is 14.0 Å². The first-order valence-corrected chi connectivity index (χ1v) is 7.91. The minimum absolute atomic E-state index is 0.122. The summed E-state index contributed by atoms with van der Waals surface area (Å²) in [4.78, 5) is 26.4. The molecule has 124 valence electrons. The molecule has 1 saturated heterocycles. The number of hydrogen-bond donors (Lipinski definition) is 1. The van der Waals surface area contributed by atoms with Crippen molar-refractivity contribution in [3.63, 3.8) is 0 Å². The lowest BCUT2D eigenvalue weighted by molar-refractivity contribution is -0.120. The number of anilines is 2. The zero-order chi connectivity index (χ0) is 17.3. The SMILES string of the molecule is Cc1ccc(C)c(NC(=O)C2CCC(=O)N2c2ccc(F)cc2)c1. The Labute approximate surface area is 140 Å². The smallest absolute Gasteiger partial charge is 0.247 e. The zero-order valence-corrected chi connectivity index (χ0v) is 13.7. The van der Waals surface area contributed by atoms with Crippen LogP contribution >= 0.6 is 0 Å². The molecule has 2 aromatic carbocycles. The van der Waals surface area contributed by atoms with Crippen LogP contribution in [0.1, 0.15) is 24.0 Å². The lowest BCUT2D eigenvalue weighted by Crippen LogP contribution is -2.41. The molecule has 0 saturated carbocycles. The predicted molar refractivity (Wildman–Crippen MR) is 91.5 cm³/mol. The van der Waals surface area contributed by atoms with Crippen molar-refractivity contribution in [2.24, 2.45) is 0 Å².